The van der Waals surface area contributed by atoms with Crippen molar-refractivity contribution in [2.24, 2.45) is 0 Å². The molecule has 0 bridgehead atoms. The second kappa shape index (κ2) is 23.6. The molecule has 0 atom stereocenters. The average molecular weight is 456 g/mol. The molecule has 0 N–H and O–H groups in total. The van der Waals surface area contributed by atoms with Crippen molar-refractivity contribution in [2.45, 2.75) is 84.0 Å². The van der Waals surface area contributed by atoms with Gasteiger partial charge < -0.3 is 14.2 Å². The lowest BCUT2D eigenvalue weighted by Gasteiger charge is -2.07. The highest BCUT2D eigenvalue weighted by molar-refractivity contribution is 14.1. The summed E-state index contributed by atoms with van der Waals surface area (Å²) in [5.41, 5.74) is 0. The molecule has 0 aliphatic carbocycles. The largest absolute Gasteiger partial charge is 0.379 e. The van der Waals surface area contributed by atoms with Crippen LogP contribution in [0.5, 0.6) is 0 Å². The van der Waals surface area contributed by atoms with Gasteiger partial charge >= 0.3 is 0 Å². The van der Waals surface area contributed by atoms with Crippen LogP contribution in [0.15, 0.2) is 0 Å². The van der Waals surface area contributed by atoms with E-state index in [1.807, 2.05) is 0 Å². The summed E-state index contributed by atoms with van der Waals surface area (Å²) in [7, 11) is 0. The van der Waals surface area contributed by atoms with Gasteiger partial charge in [0.15, 0.2) is 0 Å². The maximum absolute atomic E-state index is 5.59. The van der Waals surface area contributed by atoms with Gasteiger partial charge in [-0.2, -0.15) is 0 Å². The van der Waals surface area contributed by atoms with Gasteiger partial charge in [0.1, 0.15) is 0 Å². The van der Waals surface area contributed by atoms with Crippen LogP contribution in [-0.2, 0) is 14.2 Å². The smallest absolute Gasteiger partial charge is 0.0701 e. The fourth-order valence-corrected chi connectivity index (χ4v) is 3.07. The summed E-state index contributed by atoms with van der Waals surface area (Å²) in [6, 6.07) is 0. The average Bonchev–Trinajstić information content (AvgIpc) is 2.60. The van der Waals surface area contributed by atoms with Gasteiger partial charge in [0, 0.05) is 13.2 Å². The summed E-state index contributed by atoms with van der Waals surface area (Å²) in [5, 5.41) is 0. The molecule has 3 nitrogen and oxygen atoms in total. The lowest BCUT2D eigenvalue weighted by molar-refractivity contribution is 0.0132. The molecule has 4 heteroatoms. The van der Waals surface area contributed by atoms with E-state index in [9.17, 15) is 0 Å². The summed E-state index contributed by atoms with van der Waals surface area (Å²) >= 11 is 2.44. The summed E-state index contributed by atoms with van der Waals surface area (Å²) < 4.78 is 17.9. The monoisotopic (exact) mass is 456 g/mol. The summed E-state index contributed by atoms with van der Waals surface area (Å²) in [5.74, 6) is 0. The lowest BCUT2D eigenvalue weighted by atomic mass is 10.1. The van der Waals surface area contributed by atoms with Crippen LogP contribution in [-0.4, -0.2) is 44.1 Å². The minimum absolute atomic E-state index is 0.689. The summed E-state index contributed by atoms with van der Waals surface area (Å²) in [4.78, 5) is 0. The normalized spacial score (nSPS) is 11.2. The van der Waals surface area contributed by atoms with Gasteiger partial charge in [-0.1, -0.05) is 87.3 Å². The van der Waals surface area contributed by atoms with Crippen LogP contribution in [0.4, 0.5) is 0 Å². The Balaban J connectivity index is 2.93. The molecule has 0 aromatic rings. The molecule has 0 spiro atoms. The van der Waals surface area contributed by atoms with Crippen molar-refractivity contribution >= 4 is 22.6 Å². The maximum atomic E-state index is 5.59. The van der Waals surface area contributed by atoms with Crippen LogP contribution in [0.1, 0.15) is 84.0 Å². The first kappa shape index (κ1) is 24.6. The molecule has 0 unspecified atom stereocenters. The molecule has 0 heterocycles. The molecule has 0 fully saturated rings. The van der Waals surface area contributed by atoms with E-state index in [2.05, 4.69) is 29.5 Å². The number of halogens is 1. The van der Waals surface area contributed by atoms with Crippen LogP contribution in [0.2, 0.25) is 0 Å². The SMILES string of the molecule is CCCCCCCCCCOCCOCCOCCCCCCI. The minimum Gasteiger partial charge on any atom is -0.379 e. The topological polar surface area (TPSA) is 27.7 Å². The van der Waals surface area contributed by atoms with Crippen molar-refractivity contribution < 1.29 is 14.2 Å². The molecule has 0 saturated carbocycles. The van der Waals surface area contributed by atoms with Crippen LogP contribution < -0.4 is 0 Å². The maximum Gasteiger partial charge on any atom is 0.0701 e. The lowest BCUT2D eigenvalue weighted by Crippen LogP contribution is -2.10. The zero-order valence-corrected chi connectivity index (χ0v) is 18.2. The van der Waals surface area contributed by atoms with E-state index < -0.39 is 0 Å². The van der Waals surface area contributed by atoms with Gasteiger partial charge in [-0.15, -0.1) is 0 Å². The Morgan fingerprint density at radius 3 is 1.29 bits per heavy atom. The molecule has 24 heavy (non-hydrogen) atoms. The second-order valence-electron chi connectivity index (χ2n) is 6.42. The summed E-state index contributed by atoms with van der Waals surface area (Å²) in [6.45, 7) is 6.83. The standard InChI is InChI=1S/C20H41IO3/c1-2-3-4-5-6-7-9-12-15-22-17-19-24-20-18-23-16-13-10-8-11-14-21/h2-20H2,1H3. The second-order valence-corrected chi connectivity index (χ2v) is 7.49. The number of rotatable bonds is 21. The zero-order valence-electron chi connectivity index (χ0n) is 16.0. The van der Waals surface area contributed by atoms with Crippen LogP contribution >= 0.6 is 22.6 Å². The van der Waals surface area contributed by atoms with Crippen molar-refractivity contribution in [3.63, 3.8) is 0 Å². The van der Waals surface area contributed by atoms with E-state index in [4.69, 9.17) is 14.2 Å². The van der Waals surface area contributed by atoms with E-state index >= 15 is 0 Å². The van der Waals surface area contributed by atoms with Crippen molar-refractivity contribution in [3.8, 4) is 0 Å². The Morgan fingerprint density at radius 1 is 0.458 bits per heavy atom. The van der Waals surface area contributed by atoms with Crippen molar-refractivity contribution in [1.29, 1.82) is 0 Å². The Morgan fingerprint density at radius 2 is 0.833 bits per heavy atom. The Hall–Kier alpha value is 0.610. The highest BCUT2D eigenvalue weighted by Gasteiger charge is 1.94. The molecular formula is C20H41IO3. The number of hydrogen-bond donors (Lipinski definition) is 0. The van der Waals surface area contributed by atoms with E-state index in [0.29, 0.717) is 26.4 Å². The molecule has 0 aliphatic heterocycles. The highest BCUT2D eigenvalue weighted by atomic mass is 127. The predicted octanol–water partition coefficient (Wildman–Crippen LogP) is 6.17. The zero-order chi connectivity index (χ0) is 17.6. The van der Waals surface area contributed by atoms with Crippen LogP contribution in [0.3, 0.4) is 0 Å². The first-order chi connectivity index (χ1) is 11.9. The summed E-state index contributed by atoms with van der Waals surface area (Å²) in [6.07, 6.45) is 15.9. The fourth-order valence-electron chi connectivity index (χ4n) is 2.53. The third-order valence-electron chi connectivity index (χ3n) is 4.06. The predicted molar refractivity (Wildman–Crippen MR) is 112 cm³/mol. The van der Waals surface area contributed by atoms with Crippen molar-refractivity contribution in [3.05, 3.63) is 0 Å². The molecule has 0 aromatic heterocycles. The van der Waals surface area contributed by atoms with Gasteiger partial charge in [0.05, 0.1) is 26.4 Å². The fraction of sp³-hybridized carbons (Fsp3) is 1.00. The van der Waals surface area contributed by atoms with Crippen LogP contribution in [0, 0.1) is 0 Å². The molecule has 146 valence electrons. The molecule has 0 aliphatic rings. The van der Waals surface area contributed by atoms with E-state index in [1.54, 1.807) is 0 Å². The van der Waals surface area contributed by atoms with E-state index in [-0.39, 0.29) is 0 Å². The van der Waals surface area contributed by atoms with Gasteiger partial charge in [-0.05, 0) is 23.7 Å². The first-order valence-corrected chi connectivity index (χ1v) is 11.7. The minimum atomic E-state index is 0.689. The Kier molecular flexibility index (Phi) is 24.2. The molecule has 0 saturated heterocycles. The van der Waals surface area contributed by atoms with Crippen molar-refractivity contribution in [2.75, 3.05) is 44.1 Å². The molecule has 0 radical (unpaired) electrons. The number of ether oxygens (including phenoxy) is 3. The van der Waals surface area contributed by atoms with Gasteiger partial charge in [0.2, 0.25) is 0 Å². The Bertz CT molecular complexity index is 193. The van der Waals surface area contributed by atoms with E-state index in [0.717, 1.165) is 13.2 Å². The number of alkyl halides is 1. The molecule has 0 amide bonds. The Labute approximate surface area is 164 Å². The molecule has 0 aromatic carbocycles. The van der Waals surface area contributed by atoms with Gasteiger partial charge in [0.25, 0.3) is 0 Å². The van der Waals surface area contributed by atoms with Gasteiger partial charge in [-0.25, -0.2) is 0 Å². The third kappa shape index (κ3) is 22.6. The number of unbranched alkanes of at least 4 members (excludes halogenated alkanes) is 10. The third-order valence-corrected chi connectivity index (χ3v) is 4.82. The first-order valence-electron chi connectivity index (χ1n) is 10.2. The molecule has 0 rings (SSSR count). The van der Waals surface area contributed by atoms with E-state index in [1.165, 1.54) is 81.5 Å². The highest BCUT2D eigenvalue weighted by Crippen LogP contribution is 2.08. The quantitative estimate of drug-likeness (QED) is 0.117. The molecular weight excluding hydrogens is 415 g/mol. The van der Waals surface area contributed by atoms with Crippen LogP contribution in [0.25, 0.3) is 0 Å². The van der Waals surface area contributed by atoms with Gasteiger partial charge in [-0.3, -0.25) is 0 Å². The number of hydrogen-bond acceptors (Lipinski definition) is 3. The van der Waals surface area contributed by atoms with Crippen molar-refractivity contribution in [1.82, 2.24) is 0 Å².